The molecule has 216 valence electrons. The lowest BCUT2D eigenvalue weighted by Gasteiger charge is -2.37. The van der Waals surface area contributed by atoms with E-state index in [4.69, 9.17) is 9.15 Å². The highest BCUT2D eigenvalue weighted by atomic mass is 16.5. The van der Waals surface area contributed by atoms with Crippen molar-refractivity contribution in [2.45, 2.75) is 31.8 Å². The van der Waals surface area contributed by atoms with Gasteiger partial charge >= 0.3 is 6.03 Å². The molecule has 1 N–H and O–H groups in total. The second-order valence-corrected chi connectivity index (χ2v) is 10.6. The van der Waals surface area contributed by atoms with E-state index in [-0.39, 0.29) is 0 Å². The summed E-state index contributed by atoms with van der Waals surface area (Å²) in [7, 11) is 5.56. The van der Waals surface area contributed by atoms with Gasteiger partial charge in [-0.3, -0.25) is 19.8 Å². The fourth-order valence-electron chi connectivity index (χ4n) is 5.47. The van der Waals surface area contributed by atoms with E-state index in [1.165, 1.54) is 7.05 Å². The van der Waals surface area contributed by atoms with E-state index in [9.17, 15) is 14.4 Å². The number of nitrogens with zero attached hydrogens (tertiary/aromatic N) is 2. The second kappa shape index (κ2) is 12.0. The molecular weight excluding hydrogens is 530 g/mol. The molecule has 1 atom stereocenters. The highest BCUT2D eigenvalue weighted by molar-refractivity contribution is 6.22. The summed E-state index contributed by atoms with van der Waals surface area (Å²) in [4.78, 5) is 39.0. The molecule has 42 heavy (non-hydrogen) atoms. The van der Waals surface area contributed by atoms with E-state index >= 15 is 0 Å². The zero-order chi connectivity index (χ0) is 29.9. The number of carbonyl (C=O) groups is 3. The van der Waals surface area contributed by atoms with Crippen LogP contribution in [0, 0.1) is 0 Å². The molecule has 0 spiro atoms. The molecule has 8 heteroatoms. The van der Waals surface area contributed by atoms with Crippen LogP contribution in [0.25, 0.3) is 16.5 Å². The predicted molar refractivity (Wildman–Crippen MR) is 162 cm³/mol. The minimum absolute atomic E-state index is 0.305. The van der Waals surface area contributed by atoms with Gasteiger partial charge in [0.1, 0.15) is 23.7 Å². The van der Waals surface area contributed by atoms with E-state index < -0.39 is 23.3 Å². The molecule has 1 saturated heterocycles. The van der Waals surface area contributed by atoms with Crippen molar-refractivity contribution < 1.29 is 23.5 Å². The zero-order valence-corrected chi connectivity index (χ0v) is 24.3. The maximum absolute atomic E-state index is 12.3. The number of fused-ring (bicyclic) bond motifs is 4. The number of benzene rings is 3. The lowest BCUT2D eigenvalue weighted by atomic mass is 9.75. The second-order valence-electron chi connectivity index (χ2n) is 10.6. The molecule has 4 amide bonds. The minimum Gasteiger partial charge on any atom is -0.488 e. The zero-order valence-electron chi connectivity index (χ0n) is 24.3. The van der Waals surface area contributed by atoms with Crippen LogP contribution >= 0.6 is 0 Å². The first kappa shape index (κ1) is 28.8. The highest BCUT2D eigenvalue weighted by Gasteiger charge is 2.52. The number of nitrogens with one attached hydrogen (secondary N) is 1. The number of barbiturate groups is 1. The Morgan fingerprint density at radius 1 is 0.952 bits per heavy atom. The van der Waals surface area contributed by atoms with Crippen molar-refractivity contribution in [3.8, 4) is 5.75 Å². The standard InChI is InChI=1S/C21H21NO2.C13H14N2O3/c1-22(2)13-7-10-17-15-8-3-5-11-19(15)23-14-18-16-9-4-6-12-20(16)24-21(17)18;1-3-13(9-7-5-4-6-8-9)10(16)14-12(18)15(2)11(13)17/h3-6,8-12H,7,13-14H2,1-2H3;4-8H,3H2,1-2H3,(H,14,16,18). The Morgan fingerprint density at radius 3 is 2.38 bits per heavy atom. The number of carbonyl (C=O) groups excluding carboxylic acids is 3. The molecule has 8 nitrogen and oxygen atoms in total. The molecule has 0 saturated carbocycles. The first-order valence-electron chi connectivity index (χ1n) is 14.0. The third-order valence-electron chi connectivity index (χ3n) is 7.80. The summed E-state index contributed by atoms with van der Waals surface area (Å²) in [6, 6.07) is 24.5. The molecule has 3 aromatic carbocycles. The monoisotopic (exact) mass is 565 g/mol. The Labute approximate surface area is 245 Å². The molecule has 3 heterocycles. The van der Waals surface area contributed by atoms with Crippen LogP contribution in [0.4, 0.5) is 4.79 Å². The Bertz CT molecular complexity index is 1660. The molecule has 4 aromatic rings. The van der Waals surface area contributed by atoms with Gasteiger partial charge in [0, 0.05) is 35.7 Å². The number of urea groups is 1. The third kappa shape index (κ3) is 5.21. The molecular formula is C34H35N3O5. The van der Waals surface area contributed by atoms with Gasteiger partial charge in [0.25, 0.3) is 5.91 Å². The lowest BCUT2D eigenvalue weighted by molar-refractivity contribution is -0.144. The number of amides is 4. The summed E-state index contributed by atoms with van der Waals surface area (Å²) in [6.07, 6.45) is 3.54. The summed E-state index contributed by atoms with van der Waals surface area (Å²) < 4.78 is 12.3. The predicted octanol–water partition coefficient (Wildman–Crippen LogP) is 5.75. The molecule has 0 bridgehead atoms. The van der Waals surface area contributed by atoms with Crippen LogP contribution in [0.3, 0.4) is 0 Å². The van der Waals surface area contributed by atoms with Crippen LogP contribution in [0.5, 0.6) is 5.75 Å². The maximum atomic E-state index is 12.3. The van der Waals surface area contributed by atoms with Crippen LogP contribution in [-0.4, -0.2) is 55.3 Å². The van der Waals surface area contributed by atoms with Crippen LogP contribution in [-0.2, 0) is 21.6 Å². The number of hydrogen-bond acceptors (Lipinski definition) is 6. The molecule has 1 unspecified atom stereocenters. The Kier molecular flexibility index (Phi) is 8.27. The van der Waals surface area contributed by atoms with Gasteiger partial charge in [0.2, 0.25) is 5.91 Å². The maximum Gasteiger partial charge on any atom is 0.330 e. The highest BCUT2D eigenvalue weighted by Crippen LogP contribution is 2.41. The van der Waals surface area contributed by atoms with E-state index in [1.54, 1.807) is 31.2 Å². The van der Waals surface area contributed by atoms with Crippen LogP contribution in [0.15, 0.2) is 89.4 Å². The summed E-state index contributed by atoms with van der Waals surface area (Å²) >= 11 is 0. The Morgan fingerprint density at radius 2 is 1.64 bits per heavy atom. The van der Waals surface area contributed by atoms with Gasteiger partial charge < -0.3 is 14.1 Å². The SMILES string of the molecule is CCC1(c2ccccc2)C(=O)NC(=O)N(C)C1=O.CN(C)CCC=C1c2ccccc2OCc2c1oc1ccccc21. The molecule has 0 radical (unpaired) electrons. The number of imide groups is 2. The number of likely N-dealkylation sites (N-methyl/N-ethyl adjacent to an activating group) is 1. The fourth-order valence-corrected chi connectivity index (χ4v) is 5.47. The smallest absolute Gasteiger partial charge is 0.330 e. The molecule has 0 aliphatic carbocycles. The molecule has 2 aliphatic heterocycles. The first-order valence-corrected chi connectivity index (χ1v) is 14.0. The molecule has 1 aromatic heterocycles. The van der Waals surface area contributed by atoms with Gasteiger partial charge in [-0.05, 0) is 44.6 Å². The number of para-hydroxylation sites is 2. The van der Waals surface area contributed by atoms with Crippen LogP contribution in [0.2, 0.25) is 0 Å². The van der Waals surface area contributed by atoms with Crippen LogP contribution < -0.4 is 10.1 Å². The quantitative estimate of drug-likeness (QED) is 0.310. The number of ether oxygens (including phenoxy) is 1. The van der Waals surface area contributed by atoms with Crippen molar-refractivity contribution in [3.63, 3.8) is 0 Å². The Balaban J connectivity index is 0.000000176. The summed E-state index contributed by atoms with van der Waals surface area (Å²) in [5, 5.41) is 3.36. The van der Waals surface area contributed by atoms with Crippen molar-refractivity contribution in [2.75, 3.05) is 27.7 Å². The summed E-state index contributed by atoms with van der Waals surface area (Å²) in [5.41, 5.74) is 3.60. The van der Waals surface area contributed by atoms with E-state index in [0.717, 1.165) is 57.0 Å². The van der Waals surface area contributed by atoms with Gasteiger partial charge in [-0.1, -0.05) is 79.7 Å². The Hall–Kier alpha value is -4.69. The van der Waals surface area contributed by atoms with E-state index in [0.29, 0.717) is 18.6 Å². The average molecular weight is 566 g/mol. The van der Waals surface area contributed by atoms with Gasteiger partial charge in [0.15, 0.2) is 5.41 Å². The lowest BCUT2D eigenvalue weighted by Crippen LogP contribution is -2.64. The van der Waals surface area contributed by atoms with Gasteiger partial charge in [-0.25, -0.2) is 4.79 Å². The number of furan rings is 1. The van der Waals surface area contributed by atoms with Crippen molar-refractivity contribution in [1.82, 2.24) is 15.1 Å². The largest absolute Gasteiger partial charge is 0.488 e. The topological polar surface area (TPSA) is 92.1 Å². The van der Waals surface area contributed by atoms with Crippen molar-refractivity contribution >= 4 is 34.4 Å². The number of hydrogen-bond donors (Lipinski definition) is 1. The molecule has 2 aliphatic rings. The van der Waals surface area contributed by atoms with Gasteiger partial charge in [-0.15, -0.1) is 0 Å². The minimum atomic E-state index is -1.30. The molecule has 6 rings (SSSR count). The third-order valence-corrected chi connectivity index (χ3v) is 7.80. The first-order chi connectivity index (χ1) is 20.3. The normalized spacial score (nSPS) is 19.0. The molecule has 1 fully saturated rings. The average Bonchev–Trinajstić information content (AvgIpc) is 3.29. The van der Waals surface area contributed by atoms with Crippen molar-refractivity contribution in [2.24, 2.45) is 0 Å². The van der Waals surface area contributed by atoms with Crippen molar-refractivity contribution in [1.29, 1.82) is 0 Å². The number of rotatable bonds is 5. The fraction of sp³-hybridized carbons (Fsp3) is 0.265. The summed E-state index contributed by atoms with van der Waals surface area (Å²) in [6.45, 7) is 3.30. The summed E-state index contributed by atoms with van der Waals surface area (Å²) in [5.74, 6) is 0.832. The van der Waals surface area contributed by atoms with Crippen molar-refractivity contribution in [3.05, 3.63) is 107 Å². The van der Waals surface area contributed by atoms with E-state index in [1.807, 2.05) is 36.4 Å². The van der Waals surface area contributed by atoms with Crippen LogP contribution in [0.1, 0.15) is 42.2 Å². The van der Waals surface area contributed by atoms with Gasteiger partial charge in [-0.2, -0.15) is 0 Å². The van der Waals surface area contributed by atoms with Gasteiger partial charge in [0.05, 0.1) is 0 Å². The van der Waals surface area contributed by atoms with E-state index in [2.05, 4.69) is 48.6 Å².